The molecule has 0 nitrogen and oxygen atoms in total. The predicted octanol–water partition coefficient (Wildman–Crippen LogP) is 3.23. The Bertz CT molecular complexity index is 437. The highest BCUT2D eigenvalue weighted by Crippen LogP contribution is 2.21. The third-order valence-corrected chi connectivity index (χ3v) is 2.60. The molecule has 0 atom stereocenters. The van der Waals surface area contributed by atoms with Crippen LogP contribution in [0, 0.1) is 11.2 Å². The van der Waals surface area contributed by atoms with E-state index < -0.39 is 0 Å². The molecule has 0 aliphatic rings. The van der Waals surface area contributed by atoms with Crippen molar-refractivity contribution in [2.75, 3.05) is 0 Å². The summed E-state index contributed by atoms with van der Waals surface area (Å²) in [5, 5.41) is 1.83. The normalized spacial score (nSPS) is 13.1. The highest BCUT2D eigenvalue weighted by atomic mass is 19.1. The van der Waals surface area contributed by atoms with Gasteiger partial charge in [0.05, 0.1) is 0 Å². The van der Waals surface area contributed by atoms with Crippen LogP contribution in [0.5, 0.6) is 0 Å². The van der Waals surface area contributed by atoms with Crippen LogP contribution in [0.1, 0.15) is 40.0 Å². The van der Waals surface area contributed by atoms with Crippen LogP contribution in [-0.4, -0.2) is 0 Å². The molecule has 0 bridgehead atoms. The van der Waals surface area contributed by atoms with Crippen LogP contribution in [0.25, 0.3) is 12.7 Å². The van der Waals surface area contributed by atoms with Gasteiger partial charge in [-0.2, -0.15) is 0 Å². The second kappa shape index (κ2) is 5.29. The lowest BCUT2D eigenvalue weighted by Gasteiger charge is -2.16. The van der Waals surface area contributed by atoms with E-state index in [4.69, 9.17) is 0 Å². The Morgan fingerprint density at radius 1 is 1.31 bits per heavy atom. The minimum absolute atomic E-state index is 0.211. The molecule has 0 N–H and O–H groups in total. The van der Waals surface area contributed by atoms with Gasteiger partial charge in [0.1, 0.15) is 5.82 Å². The second-order valence-electron chi connectivity index (χ2n) is 5.50. The van der Waals surface area contributed by atoms with E-state index in [0.29, 0.717) is 5.41 Å². The average molecular weight is 220 g/mol. The van der Waals surface area contributed by atoms with Crippen molar-refractivity contribution in [2.45, 2.75) is 40.0 Å². The summed E-state index contributed by atoms with van der Waals surface area (Å²) in [5.41, 5.74) is 0.393. The van der Waals surface area contributed by atoms with E-state index in [1.54, 1.807) is 6.07 Å². The van der Waals surface area contributed by atoms with Gasteiger partial charge in [0.25, 0.3) is 0 Å². The maximum atomic E-state index is 12.8. The molecule has 1 aromatic carbocycles. The van der Waals surface area contributed by atoms with Gasteiger partial charge in [-0.15, -0.1) is 0 Å². The molecule has 1 rings (SSSR count). The molecule has 0 aromatic heterocycles. The number of unbranched alkanes of at least 4 members (excludes halogenated alkanes) is 1. The highest BCUT2D eigenvalue weighted by Gasteiger charge is 2.07. The van der Waals surface area contributed by atoms with Crippen LogP contribution in [0.2, 0.25) is 0 Å². The number of benzene rings is 1. The van der Waals surface area contributed by atoms with Gasteiger partial charge in [-0.1, -0.05) is 39.5 Å². The van der Waals surface area contributed by atoms with E-state index in [0.717, 1.165) is 16.9 Å². The van der Waals surface area contributed by atoms with Crippen molar-refractivity contribution >= 4 is 12.7 Å². The number of hydrogen-bond donors (Lipinski definition) is 0. The summed E-state index contributed by atoms with van der Waals surface area (Å²) in [4.78, 5) is 0. The summed E-state index contributed by atoms with van der Waals surface area (Å²) >= 11 is 0. The Morgan fingerprint density at radius 2 is 2.00 bits per heavy atom. The van der Waals surface area contributed by atoms with Crippen molar-refractivity contribution in [3.8, 4) is 0 Å². The number of rotatable bonds is 3. The summed E-state index contributed by atoms with van der Waals surface area (Å²) in [5.74, 6) is -0.211. The van der Waals surface area contributed by atoms with Crippen LogP contribution < -0.4 is 10.4 Å². The monoisotopic (exact) mass is 220 g/mol. The van der Waals surface area contributed by atoms with Crippen LogP contribution in [0.4, 0.5) is 4.39 Å². The van der Waals surface area contributed by atoms with Crippen LogP contribution in [-0.2, 0) is 0 Å². The summed E-state index contributed by atoms with van der Waals surface area (Å²) in [7, 11) is 0. The maximum absolute atomic E-state index is 12.8. The minimum atomic E-state index is -0.211. The Hall–Kier alpha value is -1.11. The zero-order chi connectivity index (χ0) is 12.2. The fourth-order valence-corrected chi connectivity index (χ4v) is 1.66. The first kappa shape index (κ1) is 13.0. The molecule has 16 heavy (non-hydrogen) atoms. The van der Waals surface area contributed by atoms with Crippen LogP contribution in [0.3, 0.4) is 0 Å². The lowest BCUT2D eigenvalue weighted by Crippen LogP contribution is -2.22. The standard InChI is InChI=1S/C15H21F/c1-12-11-14(16)9-8-13(12)7-5-6-10-15(2,3)4/h7-9,11H,1,5-6,10H2,2-4H3. The molecular weight excluding hydrogens is 199 g/mol. The summed E-state index contributed by atoms with van der Waals surface area (Å²) in [6.07, 6.45) is 5.55. The van der Waals surface area contributed by atoms with Gasteiger partial charge < -0.3 is 0 Å². The lowest BCUT2D eigenvalue weighted by molar-refractivity contribution is 0.368. The summed E-state index contributed by atoms with van der Waals surface area (Å²) < 4.78 is 12.8. The second-order valence-corrected chi connectivity index (χ2v) is 5.50. The molecule has 88 valence electrons. The number of halogens is 1. The molecule has 0 saturated carbocycles. The average Bonchev–Trinajstić information content (AvgIpc) is 2.13. The van der Waals surface area contributed by atoms with Crippen molar-refractivity contribution in [2.24, 2.45) is 5.41 Å². The predicted molar refractivity (Wildman–Crippen MR) is 68.9 cm³/mol. The van der Waals surface area contributed by atoms with E-state index in [1.165, 1.54) is 25.0 Å². The van der Waals surface area contributed by atoms with E-state index in [9.17, 15) is 4.39 Å². The molecule has 0 aliphatic heterocycles. The zero-order valence-corrected chi connectivity index (χ0v) is 10.5. The first-order valence-electron chi connectivity index (χ1n) is 5.83. The fraction of sp³-hybridized carbons (Fsp3) is 0.467. The van der Waals surface area contributed by atoms with Crippen molar-refractivity contribution < 1.29 is 4.39 Å². The van der Waals surface area contributed by atoms with Crippen LogP contribution >= 0.6 is 0 Å². The van der Waals surface area contributed by atoms with Gasteiger partial charge in [0.2, 0.25) is 0 Å². The highest BCUT2D eigenvalue weighted by molar-refractivity contribution is 5.26. The lowest BCUT2D eigenvalue weighted by atomic mass is 9.90. The number of hydrogen-bond acceptors (Lipinski definition) is 0. The first-order valence-corrected chi connectivity index (χ1v) is 5.83. The Kier molecular flexibility index (Phi) is 4.28. The molecule has 0 heterocycles. The fourth-order valence-electron chi connectivity index (χ4n) is 1.66. The van der Waals surface area contributed by atoms with E-state index in [2.05, 4.69) is 33.4 Å². The quantitative estimate of drug-likeness (QED) is 0.686. The van der Waals surface area contributed by atoms with Crippen molar-refractivity contribution in [1.29, 1.82) is 0 Å². The Morgan fingerprint density at radius 3 is 2.56 bits per heavy atom. The zero-order valence-electron chi connectivity index (χ0n) is 10.5. The molecule has 0 radical (unpaired) electrons. The van der Waals surface area contributed by atoms with Crippen molar-refractivity contribution in [1.82, 2.24) is 0 Å². The molecule has 0 saturated heterocycles. The molecule has 0 amide bonds. The Labute approximate surface area is 97.5 Å². The van der Waals surface area contributed by atoms with Crippen molar-refractivity contribution in [3.63, 3.8) is 0 Å². The van der Waals surface area contributed by atoms with E-state index >= 15 is 0 Å². The molecule has 0 fully saturated rings. The van der Waals surface area contributed by atoms with Gasteiger partial charge >= 0.3 is 0 Å². The van der Waals surface area contributed by atoms with Crippen LogP contribution in [0.15, 0.2) is 18.2 Å². The first-order chi connectivity index (χ1) is 7.38. The van der Waals surface area contributed by atoms with Gasteiger partial charge in [-0.25, -0.2) is 4.39 Å². The third kappa shape index (κ3) is 4.61. The molecule has 0 unspecified atom stereocenters. The minimum Gasteiger partial charge on any atom is -0.207 e. The van der Waals surface area contributed by atoms with Gasteiger partial charge in [-0.3, -0.25) is 0 Å². The smallest absolute Gasteiger partial charge is 0.123 e. The maximum Gasteiger partial charge on any atom is 0.123 e. The van der Waals surface area contributed by atoms with Gasteiger partial charge in [-0.05, 0) is 47.2 Å². The van der Waals surface area contributed by atoms with Crippen molar-refractivity contribution in [3.05, 3.63) is 34.5 Å². The molecular formula is C15H21F. The Balaban J connectivity index is 2.61. The summed E-state index contributed by atoms with van der Waals surface area (Å²) in [6, 6.07) is 4.77. The third-order valence-electron chi connectivity index (χ3n) is 2.60. The molecule has 1 aromatic rings. The largest absolute Gasteiger partial charge is 0.207 e. The summed E-state index contributed by atoms with van der Waals surface area (Å²) in [6.45, 7) is 10.6. The molecule has 1 heteroatoms. The molecule has 0 spiro atoms. The van der Waals surface area contributed by atoms with Gasteiger partial charge in [0.15, 0.2) is 0 Å². The SMILES string of the molecule is C=c1cc(F)ccc1=CCCCC(C)(C)C. The van der Waals surface area contributed by atoms with Gasteiger partial charge in [0, 0.05) is 0 Å². The molecule has 0 aliphatic carbocycles. The topological polar surface area (TPSA) is 0 Å². The van der Waals surface area contributed by atoms with E-state index in [1.807, 2.05) is 0 Å². The van der Waals surface area contributed by atoms with E-state index in [-0.39, 0.29) is 5.82 Å².